The van der Waals surface area contributed by atoms with E-state index in [0.29, 0.717) is 0 Å². The van der Waals surface area contributed by atoms with Crippen molar-refractivity contribution in [1.29, 1.82) is 0 Å². The molecule has 0 fully saturated rings. The van der Waals surface area contributed by atoms with Gasteiger partial charge in [0.25, 0.3) is 0 Å². The molecule has 2 aromatic rings. The van der Waals surface area contributed by atoms with E-state index >= 15 is 0 Å². The Labute approximate surface area is 87.0 Å². The number of nitrogens with one attached hydrogen (secondary N) is 1. The van der Waals surface area contributed by atoms with E-state index in [1.54, 1.807) is 12.3 Å². The molecule has 0 bridgehead atoms. The maximum Gasteiger partial charge on any atom is 0.166 e. The molecule has 0 aliphatic carbocycles. The van der Waals surface area contributed by atoms with Gasteiger partial charge in [-0.25, -0.2) is 9.37 Å². The molecule has 0 radical (unpaired) electrons. The van der Waals surface area contributed by atoms with Gasteiger partial charge in [-0.2, -0.15) is 0 Å². The first kappa shape index (κ1) is 9.58. The quantitative estimate of drug-likeness (QED) is 0.815. The van der Waals surface area contributed by atoms with Crippen LogP contribution in [0.4, 0.5) is 15.9 Å². The average molecular weight is 203 g/mol. The second-order valence-electron chi connectivity index (χ2n) is 3.15. The van der Waals surface area contributed by atoms with Crippen LogP contribution in [0.3, 0.4) is 0 Å². The molecule has 3 nitrogen and oxygen atoms in total. The van der Waals surface area contributed by atoms with Crippen molar-refractivity contribution in [3.8, 4) is 0 Å². The Balaban J connectivity index is 2.22. The monoisotopic (exact) mass is 203 g/mol. The Kier molecular flexibility index (Phi) is 2.58. The summed E-state index contributed by atoms with van der Waals surface area (Å²) < 4.78 is 13.2. The third-order valence-electron chi connectivity index (χ3n) is 1.93. The Morgan fingerprint density at radius 2 is 2.07 bits per heavy atom. The van der Waals surface area contributed by atoms with Gasteiger partial charge in [0.15, 0.2) is 11.6 Å². The highest BCUT2D eigenvalue weighted by Gasteiger charge is 2.01. The Morgan fingerprint density at radius 1 is 1.20 bits per heavy atom. The van der Waals surface area contributed by atoms with Gasteiger partial charge >= 0.3 is 0 Å². The van der Waals surface area contributed by atoms with Gasteiger partial charge in [-0.1, -0.05) is 0 Å². The second kappa shape index (κ2) is 4.04. The van der Waals surface area contributed by atoms with Crippen LogP contribution < -0.4 is 5.32 Å². The Hall–Kier alpha value is -1.97. The van der Waals surface area contributed by atoms with Gasteiger partial charge in [0.05, 0.1) is 11.9 Å². The number of halogens is 1. The third-order valence-corrected chi connectivity index (χ3v) is 1.93. The summed E-state index contributed by atoms with van der Waals surface area (Å²) in [4.78, 5) is 7.97. The molecule has 76 valence electrons. The van der Waals surface area contributed by atoms with Crippen LogP contribution >= 0.6 is 0 Å². The number of rotatable bonds is 2. The fourth-order valence-corrected chi connectivity index (χ4v) is 1.16. The largest absolute Gasteiger partial charge is 0.337 e. The first-order valence-corrected chi connectivity index (χ1v) is 4.56. The summed E-state index contributed by atoms with van der Waals surface area (Å²) in [5, 5.41) is 2.85. The zero-order valence-electron chi connectivity index (χ0n) is 8.24. The number of aryl methyl sites for hydroxylation is 1. The van der Waals surface area contributed by atoms with Crippen LogP contribution in [0.5, 0.6) is 0 Å². The number of anilines is 2. The number of nitrogens with zero attached hydrogens (tertiary/aromatic N) is 2. The standard InChI is InChI=1S/C11H10FN3/c1-8-4-5-9(7-14-8)15-11-10(12)3-2-6-13-11/h2-7H,1H3,(H,13,15). The minimum Gasteiger partial charge on any atom is -0.337 e. The smallest absolute Gasteiger partial charge is 0.166 e. The molecule has 0 saturated heterocycles. The molecule has 2 heterocycles. The van der Waals surface area contributed by atoms with Gasteiger partial charge in [-0.05, 0) is 31.2 Å². The molecule has 0 saturated carbocycles. The van der Waals surface area contributed by atoms with Crippen LogP contribution in [0.1, 0.15) is 5.69 Å². The fraction of sp³-hybridized carbons (Fsp3) is 0.0909. The lowest BCUT2D eigenvalue weighted by Gasteiger charge is -2.05. The summed E-state index contributed by atoms with van der Waals surface area (Å²) in [5.74, 6) is -0.166. The molecule has 4 heteroatoms. The summed E-state index contributed by atoms with van der Waals surface area (Å²) in [6.07, 6.45) is 3.18. The maximum atomic E-state index is 13.2. The van der Waals surface area contributed by atoms with Crippen molar-refractivity contribution in [2.24, 2.45) is 0 Å². The molecule has 0 aromatic carbocycles. The third kappa shape index (κ3) is 2.28. The number of aromatic nitrogens is 2. The minimum atomic E-state index is -0.377. The van der Waals surface area contributed by atoms with E-state index in [4.69, 9.17) is 0 Å². The van der Waals surface area contributed by atoms with Crippen LogP contribution in [0, 0.1) is 12.7 Å². The molecule has 0 atom stereocenters. The molecule has 1 N–H and O–H groups in total. The van der Waals surface area contributed by atoms with E-state index in [2.05, 4.69) is 15.3 Å². The van der Waals surface area contributed by atoms with E-state index < -0.39 is 0 Å². The van der Waals surface area contributed by atoms with E-state index in [-0.39, 0.29) is 11.6 Å². The molecule has 2 rings (SSSR count). The van der Waals surface area contributed by atoms with Crippen LogP contribution in [0.2, 0.25) is 0 Å². The number of hydrogen-bond acceptors (Lipinski definition) is 3. The van der Waals surface area contributed by atoms with Gasteiger partial charge in [0.2, 0.25) is 0 Å². The minimum absolute atomic E-state index is 0.211. The van der Waals surface area contributed by atoms with Crippen molar-refractivity contribution < 1.29 is 4.39 Å². The topological polar surface area (TPSA) is 37.8 Å². The van der Waals surface area contributed by atoms with E-state index in [1.165, 1.54) is 12.3 Å². The Morgan fingerprint density at radius 3 is 2.73 bits per heavy atom. The van der Waals surface area contributed by atoms with Crippen molar-refractivity contribution in [2.45, 2.75) is 6.92 Å². The molecule has 2 aromatic heterocycles. The van der Waals surface area contributed by atoms with Crippen molar-refractivity contribution in [1.82, 2.24) is 9.97 Å². The molecule has 0 aliphatic rings. The predicted octanol–water partition coefficient (Wildman–Crippen LogP) is 2.67. The normalized spacial score (nSPS) is 10.0. The van der Waals surface area contributed by atoms with E-state index in [9.17, 15) is 4.39 Å². The molecule has 0 aliphatic heterocycles. The summed E-state index contributed by atoms with van der Waals surface area (Å²) >= 11 is 0. The zero-order chi connectivity index (χ0) is 10.7. The lowest BCUT2D eigenvalue weighted by atomic mass is 10.3. The molecule has 0 unspecified atom stereocenters. The highest BCUT2D eigenvalue weighted by Crippen LogP contribution is 2.15. The van der Waals surface area contributed by atoms with E-state index in [0.717, 1.165) is 11.4 Å². The molecule has 15 heavy (non-hydrogen) atoms. The highest BCUT2D eigenvalue weighted by atomic mass is 19.1. The second-order valence-corrected chi connectivity index (χ2v) is 3.15. The highest BCUT2D eigenvalue weighted by molar-refractivity contribution is 5.55. The number of pyridine rings is 2. The first-order valence-electron chi connectivity index (χ1n) is 4.56. The average Bonchev–Trinajstić information content (AvgIpc) is 2.25. The zero-order valence-corrected chi connectivity index (χ0v) is 8.24. The van der Waals surface area contributed by atoms with Gasteiger partial charge in [-0.15, -0.1) is 0 Å². The molecular formula is C11H10FN3. The lowest BCUT2D eigenvalue weighted by Crippen LogP contribution is -1.96. The maximum absolute atomic E-state index is 13.2. The van der Waals surface area contributed by atoms with Crippen molar-refractivity contribution in [3.05, 3.63) is 48.2 Å². The summed E-state index contributed by atoms with van der Waals surface area (Å²) in [6.45, 7) is 1.89. The fourth-order valence-electron chi connectivity index (χ4n) is 1.16. The van der Waals surface area contributed by atoms with Crippen molar-refractivity contribution in [2.75, 3.05) is 5.32 Å². The molecule has 0 spiro atoms. The van der Waals surface area contributed by atoms with Gasteiger partial charge in [0.1, 0.15) is 0 Å². The van der Waals surface area contributed by atoms with Gasteiger partial charge in [0, 0.05) is 11.9 Å². The summed E-state index contributed by atoms with van der Waals surface area (Å²) in [7, 11) is 0. The van der Waals surface area contributed by atoms with Crippen LogP contribution in [-0.2, 0) is 0 Å². The van der Waals surface area contributed by atoms with Gasteiger partial charge < -0.3 is 5.32 Å². The van der Waals surface area contributed by atoms with E-state index in [1.807, 2.05) is 19.1 Å². The number of hydrogen-bond donors (Lipinski definition) is 1. The predicted molar refractivity (Wildman–Crippen MR) is 56.5 cm³/mol. The first-order chi connectivity index (χ1) is 7.25. The van der Waals surface area contributed by atoms with Crippen LogP contribution in [-0.4, -0.2) is 9.97 Å². The summed E-state index contributed by atoms with van der Waals surface area (Å²) in [5.41, 5.74) is 1.64. The lowest BCUT2D eigenvalue weighted by molar-refractivity contribution is 0.626. The van der Waals surface area contributed by atoms with Gasteiger partial charge in [-0.3, -0.25) is 4.98 Å². The Bertz CT molecular complexity index is 454. The summed E-state index contributed by atoms with van der Waals surface area (Å²) in [6, 6.07) is 6.59. The van der Waals surface area contributed by atoms with Crippen LogP contribution in [0.25, 0.3) is 0 Å². The van der Waals surface area contributed by atoms with Crippen molar-refractivity contribution in [3.63, 3.8) is 0 Å². The SMILES string of the molecule is Cc1ccc(Nc2ncccc2F)cn1. The molecular weight excluding hydrogens is 193 g/mol. The van der Waals surface area contributed by atoms with Crippen LogP contribution in [0.15, 0.2) is 36.7 Å². The molecule has 0 amide bonds. The van der Waals surface area contributed by atoms with Crippen molar-refractivity contribution >= 4 is 11.5 Å².